The number of rotatable bonds is 6. The zero-order chi connectivity index (χ0) is 28.9. The minimum atomic E-state index is -0.135. The van der Waals surface area contributed by atoms with E-state index in [9.17, 15) is 0 Å². The highest BCUT2D eigenvalue weighted by molar-refractivity contribution is 5.78. The summed E-state index contributed by atoms with van der Waals surface area (Å²) in [5.74, 6) is -0.135. The number of hydrogen-bond donors (Lipinski definition) is 0. The zero-order valence-electron chi connectivity index (χ0n) is 24.3. The van der Waals surface area contributed by atoms with E-state index in [1.807, 2.05) is 0 Å². The lowest BCUT2D eigenvalue weighted by Crippen LogP contribution is -2.12. The summed E-state index contributed by atoms with van der Waals surface area (Å²) in [5, 5.41) is 0. The van der Waals surface area contributed by atoms with E-state index in [-0.39, 0.29) is 5.92 Å². The van der Waals surface area contributed by atoms with Crippen molar-refractivity contribution < 1.29 is 0 Å². The zero-order valence-corrected chi connectivity index (χ0v) is 24.3. The van der Waals surface area contributed by atoms with E-state index in [0.717, 1.165) is 40.1 Å². The quantitative estimate of drug-likeness (QED) is 0.208. The van der Waals surface area contributed by atoms with Crippen LogP contribution in [-0.2, 0) is 6.42 Å². The molecular formula is C41H35N. The standard InChI is InChI=1S/C41H35N/c1-29-16-8-4-15-23-37-35(26-29)25-24-30(2)40(37)41(31(3)32-17-9-5-10-18-32)39-28-36(33-19-11-6-12-20-33)27-38(42-39)34-21-13-7-14-22-34/h4-22,24-28,41H,3,23H2,1-2H3/b15-4-,16-8-,29-26+. The number of fused-ring (bicyclic) bond motifs is 1. The molecule has 1 heteroatoms. The molecule has 0 radical (unpaired) electrons. The van der Waals surface area contributed by atoms with E-state index in [2.05, 4.69) is 159 Å². The predicted octanol–water partition coefficient (Wildman–Crippen LogP) is 10.6. The number of nitrogens with zero attached hydrogens (tertiary/aromatic N) is 1. The molecule has 1 nitrogen and oxygen atoms in total. The molecule has 4 aromatic carbocycles. The molecule has 0 spiro atoms. The molecule has 0 N–H and O–H groups in total. The fourth-order valence-corrected chi connectivity index (χ4v) is 5.90. The van der Waals surface area contributed by atoms with Gasteiger partial charge in [-0.25, -0.2) is 0 Å². The molecule has 1 aliphatic carbocycles. The summed E-state index contributed by atoms with van der Waals surface area (Å²) in [6.45, 7) is 9.15. The maximum atomic E-state index is 5.41. The van der Waals surface area contributed by atoms with Crippen molar-refractivity contribution in [1.29, 1.82) is 0 Å². The Morgan fingerprint density at radius 1 is 0.714 bits per heavy atom. The molecule has 0 aliphatic heterocycles. The molecule has 0 bridgehead atoms. The van der Waals surface area contributed by atoms with Crippen LogP contribution >= 0.6 is 0 Å². The van der Waals surface area contributed by atoms with Gasteiger partial charge >= 0.3 is 0 Å². The Morgan fingerprint density at radius 2 is 1.38 bits per heavy atom. The van der Waals surface area contributed by atoms with Crippen molar-refractivity contribution in [1.82, 2.24) is 4.98 Å². The topological polar surface area (TPSA) is 12.9 Å². The molecule has 1 aromatic heterocycles. The van der Waals surface area contributed by atoms with Gasteiger partial charge < -0.3 is 0 Å². The van der Waals surface area contributed by atoms with Gasteiger partial charge in [-0.15, -0.1) is 0 Å². The SMILES string of the molecule is C=C(c1ccccc1)C(c1cc(-c2ccccc2)cc(-c2ccccc2)n1)c1c(C)ccc2c1C\C=C/C=C\C(C)=C\2. The van der Waals surface area contributed by atoms with Crippen LogP contribution in [0, 0.1) is 6.92 Å². The third-order valence-electron chi connectivity index (χ3n) is 8.02. The van der Waals surface area contributed by atoms with Crippen LogP contribution in [0.4, 0.5) is 0 Å². The van der Waals surface area contributed by atoms with E-state index in [1.165, 1.54) is 33.4 Å². The van der Waals surface area contributed by atoms with Crippen LogP contribution in [0.3, 0.4) is 0 Å². The third-order valence-corrected chi connectivity index (χ3v) is 8.02. The second kappa shape index (κ2) is 12.2. The number of aromatic nitrogens is 1. The second-order valence-electron chi connectivity index (χ2n) is 11.0. The van der Waals surface area contributed by atoms with Crippen LogP contribution in [0.5, 0.6) is 0 Å². The van der Waals surface area contributed by atoms with Crippen LogP contribution in [0.1, 0.15) is 46.4 Å². The van der Waals surface area contributed by atoms with Crippen LogP contribution in [0.25, 0.3) is 34.0 Å². The van der Waals surface area contributed by atoms with Gasteiger partial charge in [-0.1, -0.05) is 146 Å². The fraction of sp³-hybridized carbons (Fsp3) is 0.0976. The summed E-state index contributed by atoms with van der Waals surface area (Å²) in [6, 6.07) is 40.7. The maximum absolute atomic E-state index is 5.41. The highest BCUT2D eigenvalue weighted by Crippen LogP contribution is 2.42. The monoisotopic (exact) mass is 541 g/mol. The van der Waals surface area contributed by atoms with Crippen molar-refractivity contribution >= 4 is 11.6 Å². The van der Waals surface area contributed by atoms with Gasteiger partial charge in [0.15, 0.2) is 0 Å². The summed E-state index contributed by atoms with van der Waals surface area (Å²) in [4.78, 5) is 5.41. The number of hydrogen-bond acceptors (Lipinski definition) is 1. The van der Waals surface area contributed by atoms with Gasteiger partial charge in [0.2, 0.25) is 0 Å². The number of benzene rings is 4. The lowest BCUT2D eigenvalue weighted by atomic mass is 9.78. The fourth-order valence-electron chi connectivity index (χ4n) is 5.90. The van der Waals surface area contributed by atoms with E-state index in [1.54, 1.807) is 0 Å². The van der Waals surface area contributed by atoms with E-state index >= 15 is 0 Å². The summed E-state index contributed by atoms with van der Waals surface area (Å²) in [5.41, 5.74) is 13.9. The lowest BCUT2D eigenvalue weighted by Gasteiger charge is -2.27. The van der Waals surface area contributed by atoms with Gasteiger partial charge in [0.25, 0.3) is 0 Å². The van der Waals surface area contributed by atoms with Crippen molar-refractivity contribution in [3.63, 3.8) is 0 Å². The molecule has 0 amide bonds. The molecule has 5 aromatic rings. The Kier molecular flexibility index (Phi) is 7.92. The molecule has 0 fully saturated rings. The molecule has 1 atom stereocenters. The Bertz CT molecular complexity index is 1750. The predicted molar refractivity (Wildman–Crippen MR) is 179 cm³/mol. The van der Waals surface area contributed by atoms with Crippen molar-refractivity contribution in [2.45, 2.75) is 26.2 Å². The number of allylic oxidation sites excluding steroid dienone is 6. The van der Waals surface area contributed by atoms with Gasteiger partial charge in [-0.2, -0.15) is 0 Å². The molecule has 0 saturated heterocycles. The first-order chi connectivity index (χ1) is 20.6. The molecular weight excluding hydrogens is 506 g/mol. The first-order valence-electron chi connectivity index (χ1n) is 14.6. The van der Waals surface area contributed by atoms with Crippen LogP contribution in [-0.4, -0.2) is 4.98 Å². The van der Waals surface area contributed by atoms with Crippen molar-refractivity contribution in [2.24, 2.45) is 0 Å². The highest BCUT2D eigenvalue weighted by atomic mass is 14.7. The molecule has 42 heavy (non-hydrogen) atoms. The van der Waals surface area contributed by atoms with Gasteiger partial charge in [-0.05, 0) is 76.9 Å². The van der Waals surface area contributed by atoms with Gasteiger partial charge in [0, 0.05) is 5.56 Å². The van der Waals surface area contributed by atoms with Gasteiger partial charge in [0.1, 0.15) is 0 Å². The molecule has 0 saturated carbocycles. The Morgan fingerprint density at radius 3 is 2.10 bits per heavy atom. The minimum absolute atomic E-state index is 0.135. The highest BCUT2D eigenvalue weighted by Gasteiger charge is 2.27. The Balaban J connectivity index is 1.65. The smallest absolute Gasteiger partial charge is 0.0711 e. The van der Waals surface area contributed by atoms with Crippen molar-refractivity contribution in [3.05, 3.63) is 185 Å². The first-order valence-corrected chi connectivity index (χ1v) is 14.6. The van der Waals surface area contributed by atoms with Crippen LogP contribution < -0.4 is 0 Å². The lowest BCUT2D eigenvalue weighted by molar-refractivity contribution is 0.940. The third kappa shape index (κ3) is 5.73. The molecule has 1 unspecified atom stereocenters. The van der Waals surface area contributed by atoms with Crippen LogP contribution in [0.2, 0.25) is 0 Å². The van der Waals surface area contributed by atoms with E-state index < -0.39 is 0 Å². The van der Waals surface area contributed by atoms with Crippen LogP contribution in [0.15, 0.2) is 152 Å². The Hall–Kier alpha value is -5.01. The van der Waals surface area contributed by atoms with Gasteiger partial charge in [0.05, 0.1) is 17.3 Å². The largest absolute Gasteiger partial charge is 0.252 e. The first kappa shape index (κ1) is 27.2. The second-order valence-corrected chi connectivity index (χ2v) is 11.0. The van der Waals surface area contributed by atoms with Crippen molar-refractivity contribution in [2.75, 3.05) is 0 Å². The average Bonchev–Trinajstić information content (AvgIpc) is 3.13. The normalized spacial score (nSPS) is 16.1. The molecule has 6 rings (SSSR count). The summed E-state index contributed by atoms with van der Waals surface area (Å²) < 4.78 is 0. The van der Waals surface area contributed by atoms with E-state index in [0.29, 0.717) is 0 Å². The van der Waals surface area contributed by atoms with E-state index in [4.69, 9.17) is 11.6 Å². The van der Waals surface area contributed by atoms with Crippen molar-refractivity contribution in [3.8, 4) is 22.4 Å². The molecule has 1 aliphatic rings. The molecule has 1 heterocycles. The number of pyridine rings is 1. The number of aryl methyl sites for hydroxylation is 1. The van der Waals surface area contributed by atoms with Gasteiger partial charge in [-0.3, -0.25) is 4.98 Å². The minimum Gasteiger partial charge on any atom is -0.252 e. The summed E-state index contributed by atoms with van der Waals surface area (Å²) >= 11 is 0. The molecule has 204 valence electrons. The average molecular weight is 542 g/mol. The Labute approximate surface area is 249 Å². The summed E-state index contributed by atoms with van der Waals surface area (Å²) in [7, 11) is 0. The summed E-state index contributed by atoms with van der Waals surface area (Å²) in [6.07, 6.45) is 11.8. The maximum Gasteiger partial charge on any atom is 0.0711 e.